The van der Waals surface area contributed by atoms with Crippen LogP contribution in [-0.4, -0.2) is 72.5 Å². The zero-order chi connectivity index (χ0) is 14.0. The van der Waals surface area contributed by atoms with Gasteiger partial charge in [-0.3, -0.25) is 9.69 Å². The molecule has 2 aliphatic rings. The Bertz CT molecular complexity index is 305. The second kappa shape index (κ2) is 6.23. The Balaban J connectivity index is 1.91. The summed E-state index contributed by atoms with van der Waals surface area (Å²) in [5, 5.41) is 0. The van der Waals surface area contributed by atoms with Gasteiger partial charge >= 0.3 is 0 Å². The normalized spacial score (nSPS) is 23.2. The number of carbonyl (C=O) groups is 1. The number of hydrogen-bond acceptors (Lipinski definition) is 3. The maximum atomic E-state index is 11.3. The highest BCUT2D eigenvalue weighted by Crippen LogP contribution is 2.24. The molecule has 2 rings (SSSR count). The van der Waals surface area contributed by atoms with E-state index in [0.29, 0.717) is 12.0 Å². The summed E-state index contributed by atoms with van der Waals surface area (Å²) in [6.07, 6.45) is 2.56. The summed E-state index contributed by atoms with van der Waals surface area (Å²) in [6.45, 7) is 11.7. The number of likely N-dealkylation sites (tertiary alicyclic amines) is 2. The zero-order valence-electron chi connectivity index (χ0n) is 12.9. The minimum Gasteiger partial charge on any atom is -0.340 e. The van der Waals surface area contributed by atoms with Gasteiger partial charge in [-0.1, -0.05) is 13.8 Å². The first-order valence-corrected chi connectivity index (χ1v) is 7.67. The molecule has 0 spiro atoms. The van der Waals surface area contributed by atoms with E-state index in [-0.39, 0.29) is 5.91 Å². The molecule has 0 N–H and O–H groups in total. The van der Waals surface area contributed by atoms with Gasteiger partial charge in [0.1, 0.15) is 0 Å². The van der Waals surface area contributed by atoms with Crippen molar-refractivity contribution in [2.24, 2.45) is 5.92 Å². The molecule has 110 valence electrons. The maximum absolute atomic E-state index is 11.3. The minimum atomic E-state index is 0.226. The lowest BCUT2D eigenvalue weighted by Gasteiger charge is -2.50. The molecule has 0 aromatic carbocycles. The van der Waals surface area contributed by atoms with Gasteiger partial charge in [-0.05, 0) is 38.9 Å². The molecule has 0 aromatic heterocycles. The van der Waals surface area contributed by atoms with E-state index in [1.807, 2.05) is 4.90 Å². The minimum absolute atomic E-state index is 0.226. The van der Waals surface area contributed by atoms with Gasteiger partial charge in [0.05, 0.1) is 0 Å². The predicted octanol–water partition coefficient (Wildman–Crippen LogP) is 1.27. The summed E-state index contributed by atoms with van der Waals surface area (Å²) in [6, 6.07) is 1.32. The second-order valence-electron chi connectivity index (χ2n) is 6.70. The number of hydrogen-bond donors (Lipinski definition) is 0. The Morgan fingerprint density at radius 1 is 1.21 bits per heavy atom. The van der Waals surface area contributed by atoms with E-state index in [4.69, 9.17) is 0 Å². The molecule has 0 aliphatic carbocycles. The SMILES string of the molecule is CC(=O)N1CC(N(CC(C)C)C2CCN(C)CC2)C1. The lowest BCUT2D eigenvalue weighted by Crippen LogP contribution is -2.64. The van der Waals surface area contributed by atoms with E-state index in [9.17, 15) is 4.79 Å². The molecule has 2 fully saturated rings. The number of nitrogens with zero attached hydrogens (tertiary/aromatic N) is 3. The fourth-order valence-electron chi connectivity index (χ4n) is 3.27. The van der Waals surface area contributed by atoms with Crippen molar-refractivity contribution in [3.05, 3.63) is 0 Å². The predicted molar refractivity (Wildman–Crippen MR) is 78.1 cm³/mol. The van der Waals surface area contributed by atoms with Crippen molar-refractivity contribution < 1.29 is 4.79 Å². The van der Waals surface area contributed by atoms with Gasteiger partial charge in [-0.2, -0.15) is 0 Å². The van der Waals surface area contributed by atoms with Gasteiger partial charge in [0.15, 0.2) is 0 Å². The summed E-state index contributed by atoms with van der Waals surface area (Å²) in [4.78, 5) is 18.4. The molecule has 0 unspecified atom stereocenters. The van der Waals surface area contributed by atoms with Crippen molar-refractivity contribution in [3.8, 4) is 0 Å². The summed E-state index contributed by atoms with van der Waals surface area (Å²) in [5.74, 6) is 0.926. The molecular weight excluding hydrogens is 238 g/mol. The lowest BCUT2D eigenvalue weighted by atomic mass is 9.96. The van der Waals surface area contributed by atoms with Crippen molar-refractivity contribution in [2.75, 3.05) is 39.8 Å². The molecular formula is C15H29N3O. The van der Waals surface area contributed by atoms with E-state index in [1.54, 1.807) is 6.92 Å². The topological polar surface area (TPSA) is 26.8 Å². The molecule has 0 aromatic rings. The van der Waals surface area contributed by atoms with Gasteiger partial charge in [-0.25, -0.2) is 0 Å². The summed E-state index contributed by atoms with van der Waals surface area (Å²) >= 11 is 0. The van der Waals surface area contributed by atoms with Crippen molar-refractivity contribution in [3.63, 3.8) is 0 Å². The average Bonchev–Trinajstić information content (AvgIpc) is 2.25. The summed E-state index contributed by atoms with van der Waals surface area (Å²) in [5.41, 5.74) is 0. The Morgan fingerprint density at radius 3 is 2.26 bits per heavy atom. The van der Waals surface area contributed by atoms with Crippen LogP contribution in [0.1, 0.15) is 33.6 Å². The van der Waals surface area contributed by atoms with Crippen molar-refractivity contribution >= 4 is 5.91 Å². The van der Waals surface area contributed by atoms with Crippen LogP contribution in [0, 0.1) is 5.92 Å². The van der Waals surface area contributed by atoms with Crippen LogP contribution in [0.15, 0.2) is 0 Å². The highest BCUT2D eigenvalue weighted by Gasteiger charge is 2.37. The largest absolute Gasteiger partial charge is 0.340 e. The van der Waals surface area contributed by atoms with Gasteiger partial charge in [-0.15, -0.1) is 0 Å². The average molecular weight is 267 g/mol. The van der Waals surface area contributed by atoms with Crippen LogP contribution >= 0.6 is 0 Å². The van der Waals surface area contributed by atoms with E-state index >= 15 is 0 Å². The highest BCUT2D eigenvalue weighted by atomic mass is 16.2. The van der Waals surface area contributed by atoms with Gasteiger partial charge in [0.2, 0.25) is 5.91 Å². The lowest BCUT2D eigenvalue weighted by molar-refractivity contribution is -0.137. The summed E-state index contributed by atoms with van der Waals surface area (Å²) < 4.78 is 0. The number of carbonyl (C=O) groups excluding carboxylic acids is 1. The number of piperidine rings is 1. The van der Waals surface area contributed by atoms with Crippen LogP contribution in [0.25, 0.3) is 0 Å². The van der Waals surface area contributed by atoms with Gasteiger partial charge in [0.25, 0.3) is 0 Å². The third-order valence-corrected chi connectivity index (χ3v) is 4.51. The first-order chi connectivity index (χ1) is 8.97. The van der Waals surface area contributed by atoms with Crippen LogP contribution in [0.3, 0.4) is 0 Å². The van der Waals surface area contributed by atoms with Gasteiger partial charge in [0, 0.05) is 38.6 Å². The molecule has 1 amide bonds. The van der Waals surface area contributed by atoms with E-state index in [2.05, 4.69) is 30.7 Å². The smallest absolute Gasteiger partial charge is 0.219 e. The Labute approximate surface area is 117 Å². The maximum Gasteiger partial charge on any atom is 0.219 e. The molecule has 2 heterocycles. The molecule has 19 heavy (non-hydrogen) atoms. The Morgan fingerprint density at radius 2 is 1.79 bits per heavy atom. The Kier molecular flexibility index (Phi) is 4.85. The molecule has 0 bridgehead atoms. The van der Waals surface area contributed by atoms with Crippen molar-refractivity contribution in [2.45, 2.75) is 45.7 Å². The standard InChI is InChI=1S/C15H29N3O/c1-12(2)9-18(14-5-7-16(4)8-6-14)15-10-17(11-15)13(3)19/h12,14-15H,5-11H2,1-4H3. The van der Waals surface area contributed by atoms with Gasteiger partial charge < -0.3 is 9.80 Å². The van der Waals surface area contributed by atoms with E-state index in [1.165, 1.54) is 32.5 Å². The fraction of sp³-hybridized carbons (Fsp3) is 0.933. The molecule has 0 atom stereocenters. The fourth-order valence-corrected chi connectivity index (χ4v) is 3.27. The first kappa shape index (κ1) is 14.8. The molecule has 4 heteroatoms. The second-order valence-corrected chi connectivity index (χ2v) is 6.70. The van der Waals surface area contributed by atoms with E-state index < -0.39 is 0 Å². The van der Waals surface area contributed by atoms with E-state index in [0.717, 1.165) is 19.1 Å². The van der Waals surface area contributed by atoms with Crippen molar-refractivity contribution in [1.82, 2.24) is 14.7 Å². The highest BCUT2D eigenvalue weighted by molar-refractivity contribution is 5.74. The number of rotatable bonds is 4. The molecule has 0 radical (unpaired) electrons. The zero-order valence-corrected chi connectivity index (χ0v) is 12.9. The Hall–Kier alpha value is -0.610. The van der Waals surface area contributed by atoms with Crippen LogP contribution in [-0.2, 0) is 4.79 Å². The van der Waals surface area contributed by atoms with Crippen LogP contribution < -0.4 is 0 Å². The van der Waals surface area contributed by atoms with Crippen LogP contribution in [0.4, 0.5) is 0 Å². The monoisotopic (exact) mass is 267 g/mol. The molecule has 4 nitrogen and oxygen atoms in total. The molecule has 2 aliphatic heterocycles. The van der Waals surface area contributed by atoms with Crippen molar-refractivity contribution in [1.29, 1.82) is 0 Å². The number of amides is 1. The third-order valence-electron chi connectivity index (χ3n) is 4.51. The van der Waals surface area contributed by atoms with Crippen LogP contribution in [0.2, 0.25) is 0 Å². The first-order valence-electron chi connectivity index (χ1n) is 7.67. The molecule has 2 saturated heterocycles. The van der Waals surface area contributed by atoms with Crippen LogP contribution in [0.5, 0.6) is 0 Å². The third kappa shape index (κ3) is 3.69. The quantitative estimate of drug-likeness (QED) is 0.767. The molecule has 0 saturated carbocycles. The summed E-state index contributed by atoms with van der Waals surface area (Å²) in [7, 11) is 2.21.